The molecule has 0 aliphatic carbocycles. The number of hydrogen-bond donors (Lipinski definition) is 1. The topological polar surface area (TPSA) is 53.4 Å². The lowest BCUT2D eigenvalue weighted by molar-refractivity contribution is 0.0696. The molecule has 0 saturated carbocycles. The van der Waals surface area contributed by atoms with Gasteiger partial charge in [0.15, 0.2) is 0 Å². The van der Waals surface area contributed by atoms with E-state index >= 15 is 0 Å². The summed E-state index contributed by atoms with van der Waals surface area (Å²) in [6.07, 6.45) is 3.46. The number of aromatic carboxylic acids is 1. The molecule has 6 heteroatoms. The average Bonchev–Trinajstić information content (AvgIpc) is 2.57. The maximum absolute atomic E-state index is 13.8. The van der Waals surface area contributed by atoms with Gasteiger partial charge in [-0.1, -0.05) is 18.2 Å². The molecule has 1 unspecified atom stereocenters. The van der Waals surface area contributed by atoms with Crippen LogP contribution in [0.2, 0.25) is 0 Å². The Hall–Kier alpha value is -1.98. The third kappa shape index (κ3) is 4.30. The van der Waals surface area contributed by atoms with Crippen LogP contribution in [0.4, 0.5) is 4.39 Å². The Kier molecular flexibility index (Phi) is 6.29. The highest BCUT2D eigenvalue weighted by Crippen LogP contribution is 2.27. The van der Waals surface area contributed by atoms with Crippen LogP contribution in [0.15, 0.2) is 42.6 Å². The van der Waals surface area contributed by atoms with E-state index in [-0.39, 0.29) is 29.7 Å². The van der Waals surface area contributed by atoms with Gasteiger partial charge < -0.3 is 5.11 Å². The Morgan fingerprint density at radius 1 is 1.29 bits per heavy atom. The number of rotatable bonds is 4. The molecular weight excluding hydrogens is 331 g/mol. The number of halogens is 2. The summed E-state index contributed by atoms with van der Waals surface area (Å²) in [6, 6.07) is 10.3. The van der Waals surface area contributed by atoms with E-state index in [1.807, 2.05) is 12.1 Å². The van der Waals surface area contributed by atoms with Crippen molar-refractivity contribution >= 4 is 18.4 Å². The molecule has 0 bridgehead atoms. The molecule has 1 aliphatic rings. The van der Waals surface area contributed by atoms with Crippen LogP contribution in [0.25, 0.3) is 0 Å². The predicted octanol–water partition coefficient (Wildman–Crippen LogP) is 3.72. The summed E-state index contributed by atoms with van der Waals surface area (Å²) >= 11 is 0. The number of likely N-dealkylation sites (tertiary alicyclic amines) is 1. The van der Waals surface area contributed by atoms with Crippen molar-refractivity contribution in [2.75, 3.05) is 13.1 Å². The van der Waals surface area contributed by atoms with Crippen molar-refractivity contribution in [1.82, 2.24) is 9.88 Å². The third-order valence-electron chi connectivity index (χ3n) is 4.31. The Balaban J connectivity index is 0.00000208. The molecule has 1 saturated heterocycles. The minimum atomic E-state index is -0.964. The molecule has 1 N–H and O–H groups in total. The Morgan fingerprint density at radius 2 is 2.08 bits per heavy atom. The largest absolute Gasteiger partial charge is 0.478 e. The van der Waals surface area contributed by atoms with Crippen LogP contribution in [0, 0.1) is 5.82 Å². The quantitative estimate of drug-likeness (QED) is 0.913. The van der Waals surface area contributed by atoms with E-state index < -0.39 is 5.97 Å². The summed E-state index contributed by atoms with van der Waals surface area (Å²) in [5, 5.41) is 8.93. The van der Waals surface area contributed by atoms with Crippen molar-refractivity contribution in [2.24, 2.45) is 0 Å². The lowest BCUT2D eigenvalue weighted by Crippen LogP contribution is -2.34. The van der Waals surface area contributed by atoms with E-state index in [2.05, 4.69) is 9.88 Å². The molecular formula is C18H20ClFN2O2. The van der Waals surface area contributed by atoms with Gasteiger partial charge in [-0.05, 0) is 37.6 Å². The van der Waals surface area contributed by atoms with Crippen LogP contribution >= 0.6 is 12.4 Å². The first-order valence-corrected chi connectivity index (χ1v) is 7.78. The molecule has 2 aromatic rings. The van der Waals surface area contributed by atoms with Crippen LogP contribution in [0.5, 0.6) is 0 Å². The molecule has 1 fully saturated rings. The minimum Gasteiger partial charge on any atom is -0.478 e. The molecule has 3 rings (SSSR count). The number of aromatic nitrogens is 1. The number of carbonyl (C=O) groups is 1. The number of hydrogen-bond acceptors (Lipinski definition) is 3. The Morgan fingerprint density at radius 3 is 2.75 bits per heavy atom. The summed E-state index contributed by atoms with van der Waals surface area (Å²) in [4.78, 5) is 17.4. The first-order valence-electron chi connectivity index (χ1n) is 7.78. The van der Waals surface area contributed by atoms with E-state index in [0.29, 0.717) is 12.1 Å². The standard InChI is InChI=1S/C18H19FN2O2.ClH/c19-16-6-2-1-4-14(16)11-21-9-3-5-15(12-21)17-8-7-13(10-20-17)18(22)23;/h1-2,4,6-8,10,15H,3,5,9,11-12H2,(H,22,23);1H. The zero-order chi connectivity index (χ0) is 16.2. The third-order valence-corrected chi connectivity index (χ3v) is 4.31. The molecule has 128 valence electrons. The number of pyridine rings is 1. The lowest BCUT2D eigenvalue weighted by Gasteiger charge is -2.32. The van der Waals surface area contributed by atoms with E-state index in [1.54, 1.807) is 18.2 Å². The maximum atomic E-state index is 13.8. The normalized spacial score (nSPS) is 18.0. The molecule has 24 heavy (non-hydrogen) atoms. The van der Waals surface area contributed by atoms with E-state index in [0.717, 1.165) is 31.6 Å². The van der Waals surface area contributed by atoms with Gasteiger partial charge >= 0.3 is 5.97 Å². The second-order valence-corrected chi connectivity index (χ2v) is 5.94. The van der Waals surface area contributed by atoms with Gasteiger partial charge in [0, 0.05) is 36.5 Å². The van der Waals surface area contributed by atoms with Gasteiger partial charge in [-0.15, -0.1) is 12.4 Å². The fourth-order valence-electron chi connectivity index (χ4n) is 3.08. The molecule has 0 radical (unpaired) electrons. The second-order valence-electron chi connectivity index (χ2n) is 5.94. The molecule has 0 amide bonds. The van der Waals surface area contributed by atoms with E-state index in [9.17, 15) is 9.18 Å². The molecule has 1 aromatic heterocycles. The average molecular weight is 351 g/mol. The maximum Gasteiger partial charge on any atom is 0.337 e. The van der Waals surface area contributed by atoms with Crippen LogP contribution in [-0.4, -0.2) is 34.0 Å². The summed E-state index contributed by atoms with van der Waals surface area (Å²) in [6.45, 7) is 2.35. The van der Waals surface area contributed by atoms with Gasteiger partial charge in [-0.2, -0.15) is 0 Å². The molecule has 1 atom stereocenters. The Bertz CT molecular complexity index is 694. The van der Waals surface area contributed by atoms with E-state index in [4.69, 9.17) is 5.11 Å². The first-order chi connectivity index (χ1) is 11.1. The van der Waals surface area contributed by atoms with Crippen molar-refractivity contribution in [3.05, 3.63) is 65.2 Å². The van der Waals surface area contributed by atoms with Crippen LogP contribution in [-0.2, 0) is 6.54 Å². The van der Waals surface area contributed by atoms with Gasteiger partial charge in [0.2, 0.25) is 0 Å². The minimum absolute atomic E-state index is 0. The SMILES string of the molecule is Cl.O=C(O)c1ccc(C2CCCN(Cc3ccccc3F)C2)nc1. The lowest BCUT2D eigenvalue weighted by atomic mass is 9.93. The summed E-state index contributed by atoms with van der Waals surface area (Å²) < 4.78 is 13.8. The second kappa shape index (κ2) is 8.22. The van der Waals surface area contributed by atoms with Crippen molar-refractivity contribution < 1.29 is 14.3 Å². The predicted molar refractivity (Wildman–Crippen MR) is 92.1 cm³/mol. The van der Waals surface area contributed by atoms with E-state index in [1.165, 1.54) is 12.3 Å². The Labute approximate surface area is 146 Å². The smallest absolute Gasteiger partial charge is 0.337 e. The van der Waals surface area contributed by atoms with Crippen LogP contribution in [0.3, 0.4) is 0 Å². The summed E-state index contributed by atoms with van der Waals surface area (Å²) in [5.41, 5.74) is 1.82. The van der Waals surface area contributed by atoms with Gasteiger partial charge in [0.25, 0.3) is 0 Å². The fraction of sp³-hybridized carbons (Fsp3) is 0.333. The van der Waals surface area contributed by atoms with Gasteiger partial charge in [-0.25, -0.2) is 9.18 Å². The molecule has 1 aromatic carbocycles. The van der Waals surface area contributed by atoms with Crippen molar-refractivity contribution in [3.63, 3.8) is 0 Å². The number of carboxylic acid groups (broad SMARTS) is 1. The van der Waals surface area contributed by atoms with Gasteiger partial charge in [0.05, 0.1) is 5.56 Å². The highest BCUT2D eigenvalue weighted by atomic mass is 35.5. The monoisotopic (exact) mass is 350 g/mol. The first kappa shape index (κ1) is 18.4. The highest BCUT2D eigenvalue weighted by Gasteiger charge is 2.23. The number of piperidine rings is 1. The molecule has 2 heterocycles. The molecule has 0 spiro atoms. The van der Waals surface area contributed by atoms with Crippen LogP contribution in [0.1, 0.15) is 40.4 Å². The van der Waals surface area contributed by atoms with Crippen LogP contribution < -0.4 is 0 Å². The zero-order valence-corrected chi connectivity index (χ0v) is 14.0. The van der Waals surface area contributed by atoms with Gasteiger partial charge in [-0.3, -0.25) is 9.88 Å². The van der Waals surface area contributed by atoms with Crippen molar-refractivity contribution in [2.45, 2.75) is 25.3 Å². The summed E-state index contributed by atoms with van der Waals surface area (Å²) in [7, 11) is 0. The van der Waals surface area contributed by atoms with Crippen molar-refractivity contribution in [1.29, 1.82) is 0 Å². The number of carboxylic acids is 1. The number of nitrogens with zero attached hydrogens (tertiary/aromatic N) is 2. The molecule has 4 nitrogen and oxygen atoms in total. The summed E-state index contributed by atoms with van der Waals surface area (Å²) in [5.74, 6) is -0.870. The molecule has 1 aliphatic heterocycles. The fourth-order valence-corrected chi connectivity index (χ4v) is 3.08. The zero-order valence-electron chi connectivity index (χ0n) is 13.2. The van der Waals surface area contributed by atoms with Gasteiger partial charge in [0.1, 0.15) is 5.82 Å². The van der Waals surface area contributed by atoms with Crippen molar-refractivity contribution in [3.8, 4) is 0 Å². The highest BCUT2D eigenvalue weighted by molar-refractivity contribution is 5.87. The number of benzene rings is 1.